The van der Waals surface area contributed by atoms with Crippen LogP contribution in [0.1, 0.15) is 17.7 Å². The van der Waals surface area contributed by atoms with Gasteiger partial charge in [-0.25, -0.2) is 4.98 Å². The zero-order chi connectivity index (χ0) is 8.97. The Hall–Kier alpha value is -0.960. The minimum atomic E-state index is -0.401. The zero-order valence-electron chi connectivity index (χ0n) is 7.18. The van der Waals surface area contributed by atoms with E-state index < -0.39 is 5.95 Å². The molecule has 66 valence electrons. The SMILES string of the molecule is Cc1cc(F)nc(CCCN)c1. The van der Waals surface area contributed by atoms with Crippen molar-refractivity contribution in [3.05, 3.63) is 29.3 Å². The van der Waals surface area contributed by atoms with Crippen LogP contribution in [0.2, 0.25) is 0 Å². The molecule has 1 aromatic rings. The lowest BCUT2D eigenvalue weighted by Gasteiger charge is -2.00. The fraction of sp³-hybridized carbons (Fsp3) is 0.444. The third-order valence-corrected chi connectivity index (χ3v) is 1.63. The van der Waals surface area contributed by atoms with E-state index in [9.17, 15) is 4.39 Å². The summed E-state index contributed by atoms with van der Waals surface area (Å²) < 4.78 is 12.7. The van der Waals surface area contributed by atoms with E-state index in [-0.39, 0.29) is 0 Å². The van der Waals surface area contributed by atoms with Gasteiger partial charge < -0.3 is 5.73 Å². The van der Waals surface area contributed by atoms with Gasteiger partial charge in [0, 0.05) is 5.69 Å². The van der Waals surface area contributed by atoms with E-state index in [0.717, 1.165) is 24.1 Å². The van der Waals surface area contributed by atoms with Crippen LogP contribution in [-0.4, -0.2) is 11.5 Å². The Labute approximate surface area is 71.6 Å². The standard InChI is InChI=1S/C9H13FN2/c1-7-5-8(3-2-4-11)12-9(10)6-7/h5-6H,2-4,11H2,1H3. The van der Waals surface area contributed by atoms with Crippen molar-refractivity contribution in [2.45, 2.75) is 19.8 Å². The van der Waals surface area contributed by atoms with Gasteiger partial charge in [-0.2, -0.15) is 4.39 Å². The predicted molar refractivity (Wildman–Crippen MR) is 46.3 cm³/mol. The first-order valence-corrected chi connectivity index (χ1v) is 4.05. The molecule has 0 aliphatic rings. The van der Waals surface area contributed by atoms with Gasteiger partial charge in [-0.1, -0.05) is 0 Å². The van der Waals surface area contributed by atoms with Crippen LogP contribution in [0.15, 0.2) is 12.1 Å². The molecule has 0 spiro atoms. The van der Waals surface area contributed by atoms with Crippen molar-refractivity contribution >= 4 is 0 Å². The number of aromatic nitrogens is 1. The van der Waals surface area contributed by atoms with Crippen molar-refractivity contribution in [3.8, 4) is 0 Å². The molecule has 1 aromatic heterocycles. The maximum Gasteiger partial charge on any atom is 0.213 e. The lowest BCUT2D eigenvalue weighted by atomic mass is 10.2. The molecule has 0 unspecified atom stereocenters. The van der Waals surface area contributed by atoms with Crippen molar-refractivity contribution in [1.82, 2.24) is 4.98 Å². The summed E-state index contributed by atoms with van der Waals surface area (Å²) in [6.07, 6.45) is 1.62. The highest BCUT2D eigenvalue weighted by atomic mass is 19.1. The second-order valence-electron chi connectivity index (χ2n) is 2.85. The minimum absolute atomic E-state index is 0.401. The molecule has 0 atom stereocenters. The van der Waals surface area contributed by atoms with Crippen LogP contribution >= 0.6 is 0 Å². The molecular weight excluding hydrogens is 155 g/mol. The molecule has 0 bridgehead atoms. The van der Waals surface area contributed by atoms with Gasteiger partial charge in [0.15, 0.2) is 0 Å². The molecule has 3 heteroatoms. The number of nitrogens with two attached hydrogens (primary N) is 1. The molecule has 0 amide bonds. The molecule has 0 fully saturated rings. The first kappa shape index (κ1) is 9.13. The highest BCUT2D eigenvalue weighted by Gasteiger charge is 1.98. The van der Waals surface area contributed by atoms with Crippen LogP contribution in [0.5, 0.6) is 0 Å². The Balaban J connectivity index is 2.72. The number of pyridine rings is 1. The lowest BCUT2D eigenvalue weighted by molar-refractivity contribution is 0.573. The molecule has 0 aromatic carbocycles. The number of halogens is 1. The van der Waals surface area contributed by atoms with Gasteiger partial charge in [-0.3, -0.25) is 0 Å². The average Bonchev–Trinajstić information content (AvgIpc) is 1.99. The summed E-state index contributed by atoms with van der Waals surface area (Å²) in [4.78, 5) is 3.75. The van der Waals surface area contributed by atoms with E-state index in [4.69, 9.17) is 5.73 Å². The quantitative estimate of drug-likeness (QED) is 0.693. The molecular formula is C9H13FN2. The number of rotatable bonds is 3. The third kappa shape index (κ3) is 2.58. The highest BCUT2D eigenvalue weighted by Crippen LogP contribution is 2.05. The summed E-state index contributed by atoms with van der Waals surface area (Å²) in [5, 5.41) is 0. The monoisotopic (exact) mass is 168 g/mol. The van der Waals surface area contributed by atoms with Crippen LogP contribution in [0.25, 0.3) is 0 Å². The van der Waals surface area contributed by atoms with Crippen molar-refractivity contribution < 1.29 is 4.39 Å². The number of aryl methyl sites for hydroxylation is 2. The van der Waals surface area contributed by atoms with Crippen molar-refractivity contribution in [3.63, 3.8) is 0 Å². The maximum atomic E-state index is 12.7. The average molecular weight is 168 g/mol. The fourth-order valence-electron chi connectivity index (χ4n) is 1.11. The molecule has 0 saturated heterocycles. The molecule has 0 saturated carbocycles. The second-order valence-corrected chi connectivity index (χ2v) is 2.85. The van der Waals surface area contributed by atoms with Crippen LogP contribution in [0, 0.1) is 12.9 Å². The Bertz CT molecular complexity index is 240. The molecule has 2 nitrogen and oxygen atoms in total. The molecule has 1 heterocycles. The normalized spacial score (nSPS) is 10.2. The van der Waals surface area contributed by atoms with Gasteiger partial charge in [-0.05, 0) is 44.0 Å². The van der Waals surface area contributed by atoms with E-state index in [1.54, 1.807) is 0 Å². The van der Waals surface area contributed by atoms with Gasteiger partial charge in [-0.15, -0.1) is 0 Å². The van der Waals surface area contributed by atoms with Crippen LogP contribution in [0.3, 0.4) is 0 Å². The van der Waals surface area contributed by atoms with Gasteiger partial charge in [0.25, 0.3) is 0 Å². The van der Waals surface area contributed by atoms with Gasteiger partial charge >= 0.3 is 0 Å². The summed E-state index contributed by atoms with van der Waals surface area (Å²) in [5.74, 6) is -0.401. The first-order chi connectivity index (χ1) is 5.72. The smallest absolute Gasteiger partial charge is 0.213 e. The van der Waals surface area contributed by atoms with E-state index in [2.05, 4.69) is 4.98 Å². The number of hydrogen-bond acceptors (Lipinski definition) is 2. The van der Waals surface area contributed by atoms with Crippen molar-refractivity contribution in [2.24, 2.45) is 5.73 Å². The van der Waals surface area contributed by atoms with Crippen LogP contribution in [-0.2, 0) is 6.42 Å². The van der Waals surface area contributed by atoms with Gasteiger partial charge in [0.2, 0.25) is 5.95 Å². The number of nitrogens with zero attached hydrogens (tertiary/aromatic N) is 1. The minimum Gasteiger partial charge on any atom is -0.330 e. The summed E-state index contributed by atoms with van der Waals surface area (Å²) in [6, 6.07) is 3.31. The molecule has 2 N–H and O–H groups in total. The molecule has 1 rings (SSSR count). The molecule has 12 heavy (non-hydrogen) atoms. The summed E-state index contributed by atoms with van der Waals surface area (Å²) in [7, 11) is 0. The van der Waals surface area contributed by atoms with Gasteiger partial charge in [0.1, 0.15) is 0 Å². The Kier molecular flexibility index (Phi) is 3.17. The first-order valence-electron chi connectivity index (χ1n) is 4.05. The van der Waals surface area contributed by atoms with Crippen molar-refractivity contribution in [1.29, 1.82) is 0 Å². The lowest BCUT2D eigenvalue weighted by Crippen LogP contribution is -2.02. The highest BCUT2D eigenvalue weighted by molar-refractivity contribution is 5.15. The van der Waals surface area contributed by atoms with Crippen LogP contribution < -0.4 is 5.73 Å². The van der Waals surface area contributed by atoms with E-state index in [1.807, 2.05) is 13.0 Å². The summed E-state index contributed by atoms with van der Waals surface area (Å²) >= 11 is 0. The largest absolute Gasteiger partial charge is 0.330 e. The van der Waals surface area contributed by atoms with Crippen LogP contribution in [0.4, 0.5) is 4.39 Å². The zero-order valence-corrected chi connectivity index (χ0v) is 7.18. The number of hydrogen-bond donors (Lipinski definition) is 1. The van der Waals surface area contributed by atoms with Gasteiger partial charge in [0.05, 0.1) is 0 Å². The Morgan fingerprint density at radius 3 is 2.83 bits per heavy atom. The van der Waals surface area contributed by atoms with E-state index in [1.165, 1.54) is 6.07 Å². The van der Waals surface area contributed by atoms with E-state index in [0.29, 0.717) is 6.54 Å². The Morgan fingerprint density at radius 2 is 2.25 bits per heavy atom. The molecule has 0 aliphatic heterocycles. The molecule has 0 radical (unpaired) electrons. The summed E-state index contributed by atoms with van der Waals surface area (Å²) in [6.45, 7) is 2.48. The van der Waals surface area contributed by atoms with E-state index >= 15 is 0 Å². The topological polar surface area (TPSA) is 38.9 Å². The third-order valence-electron chi connectivity index (χ3n) is 1.63. The predicted octanol–water partition coefficient (Wildman–Crippen LogP) is 1.42. The van der Waals surface area contributed by atoms with Crippen molar-refractivity contribution in [2.75, 3.05) is 6.54 Å². The second kappa shape index (κ2) is 4.16. The Morgan fingerprint density at radius 1 is 1.50 bits per heavy atom. The molecule has 0 aliphatic carbocycles. The maximum absolute atomic E-state index is 12.7. The fourth-order valence-corrected chi connectivity index (χ4v) is 1.11. The summed E-state index contributed by atoms with van der Waals surface area (Å²) in [5.41, 5.74) is 7.03.